The first-order chi connectivity index (χ1) is 21.8. The molecule has 0 aliphatic carbocycles. The number of amides is 2. The molecule has 1 aromatic heterocycles. The number of halogens is 1. The molecule has 6 rings (SSSR count). The van der Waals surface area contributed by atoms with Crippen LogP contribution in [-0.4, -0.2) is 50.8 Å². The highest BCUT2D eigenvalue weighted by molar-refractivity contribution is 6.09. The fraction of sp³-hybridized carbons (Fsp3) is 0.265. The number of rotatable bonds is 8. The molecule has 0 radical (unpaired) electrons. The van der Waals surface area contributed by atoms with Gasteiger partial charge in [-0.05, 0) is 60.9 Å². The maximum atomic E-state index is 13.6. The van der Waals surface area contributed by atoms with Crippen LogP contribution in [0.2, 0.25) is 0 Å². The van der Waals surface area contributed by atoms with E-state index in [9.17, 15) is 18.8 Å². The molecule has 10 nitrogen and oxygen atoms in total. The van der Waals surface area contributed by atoms with Crippen LogP contribution in [0.1, 0.15) is 38.7 Å². The van der Waals surface area contributed by atoms with E-state index < -0.39 is 17.6 Å². The molecule has 1 saturated heterocycles. The molecule has 2 N–H and O–H groups in total. The average Bonchev–Trinajstić information content (AvgIpc) is 3.04. The number of ether oxygens (including phenoxy) is 3. The molecular weight excluding hydrogens is 579 g/mol. The van der Waals surface area contributed by atoms with E-state index in [0.29, 0.717) is 53.8 Å². The molecule has 232 valence electrons. The highest BCUT2D eigenvalue weighted by Gasteiger charge is 2.35. The molecule has 2 amide bonds. The zero-order valence-corrected chi connectivity index (χ0v) is 25.1. The van der Waals surface area contributed by atoms with Gasteiger partial charge in [0.2, 0.25) is 5.75 Å². The summed E-state index contributed by atoms with van der Waals surface area (Å²) in [5.74, 6) is 0.229. The molecule has 2 unspecified atom stereocenters. The van der Waals surface area contributed by atoms with E-state index in [2.05, 4.69) is 15.5 Å². The summed E-state index contributed by atoms with van der Waals surface area (Å²) in [6.07, 6.45) is 0.965. The number of nitrogens with one attached hydrogen (secondary N) is 2. The minimum absolute atomic E-state index is 0.00497. The number of benzene rings is 3. The van der Waals surface area contributed by atoms with Gasteiger partial charge >= 0.3 is 0 Å². The molecule has 2 aliphatic heterocycles. The van der Waals surface area contributed by atoms with Crippen LogP contribution in [-0.2, 0) is 6.54 Å². The lowest BCUT2D eigenvalue weighted by Gasteiger charge is -2.44. The normalized spacial score (nSPS) is 16.8. The molecule has 4 aromatic rings. The van der Waals surface area contributed by atoms with Crippen molar-refractivity contribution in [2.45, 2.75) is 18.9 Å². The smallest absolute Gasteiger partial charge is 0.255 e. The van der Waals surface area contributed by atoms with Crippen molar-refractivity contribution >= 4 is 28.9 Å². The van der Waals surface area contributed by atoms with E-state index in [4.69, 9.17) is 14.2 Å². The van der Waals surface area contributed by atoms with Crippen LogP contribution in [0.15, 0.2) is 77.6 Å². The Morgan fingerprint density at radius 3 is 2.18 bits per heavy atom. The lowest BCUT2D eigenvalue weighted by Crippen LogP contribution is -2.47. The predicted octanol–water partition coefficient (Wildman–Crippen LogP) is 5.14. The Morgan fingerprint density at radius 1 is 0.800 bits per heavy atom. The molecular formula is C34H33FN4O6. The molecule has 2 bridgehead atoms. The Bertz CT molecular complexity index is 1800. The molecule has 45 heavy (non-hydrogen) atoms. The van der Waals surface area contributed by atoms with Crippen LogP contribution in [0.3, 0.4) is 0 Å². The number of hydrogen-bond donors (Lipinski definition) is 2. The van der Waals surface area contributed by atoms with Crippen LogP contribution in [0.25, 0.3) is 0 Å². The van der Waals surface area contributed by atoms with Crippen molar-refractivity contribution in [3.05, 3.63) is 106 Å². The third-order valence-corrected chi connectivity index (χ3v) is 8.36. The zero-order chi connectivity index (χ0) is 31.7. The first-order valence-corrected chi connectivity index (χ1v) is 14.5. The van der Waals surface area contributed by atoms with Gasteiger partial charge in [-0.15, -0.1) is 0 Å². The van der Waals surface area contributed by atoms with Crippen molar-refractivity contribution in [3.63, 3.8) is 0 Å². The van der Waals surface area contributed by atoms with E-state index in [1.54, 1.807) is 36.4 Å². The fourth-order valence-corrected chi connectivity index (χ4v) is 6.30. The van der Waals surface area contributed by atoms with Gasteiger partial charge in [0.05, 0.1) is 32.7 Å². The lowest BCUT2D eigenvalue weighted by molar-refractivity contribution is 0.101. The second-order valence-corrected chi connectivity index (χ2v) is 11.2. The topological polar surface area (TPSA) is 111 Å². The van der Waals surface area contributed by atoms with Gasteiger partial charge in [0, 0.05) is 66.3 Å². The number of piperidine rings is 1. The van der Waals surface area contributed by atoms with Crippen molar-refractivity contribution in [2.75, 3.05) is 50.0 Å². The fourth-order valence-electron chi connectivity index (χ4n) is 6.30. The Morgan fingerprint density at radius 2 is 1.49 bits per heavy atom. The summed E-state index contributed by atoms with van der Waals surface area (Å²) >= 11 is 0. The molecule has 2 atom stereocenters. The van der Waals surface area contributed by atoms with Crippen LogP contribution < -0.4 is 35.3 Å². The number of anilines is 3. The van der Waals surface area contributed by atoms with Gasteiger partial charge in [0.1, 0.15) is 5.82 Å². The summed E-state index contributed by atoms with van der Waals surface area (Å²) in [6.45, 7) is 1.93. The van der Waals surface area contributed by atoms with Gasteiger partial charge in [-0.25, -0.2) is 4.39 Å². The number of hydrogen-bond acceptors (Lipinski definition) is 7. The van der Waals surface area contributed by atoms with Crippen LogP contribution in [0.5, 0.6) is 17.2 Å². The summed E-state index contributed by atoms with van der Waals surface area (Å²) < 4.78 is 31.6. The van der Waals surface area contributed by atoms with Crippen molar-refractivity contribution in [3.8, 4) is 17.2 Å². The number of carbonyl (C=O) groups excluding carboxylic acids is 2. The van der Waals surface area contributed by atoms with E-state index in [0.717, 1.165) is 17.8 Å². The summed E-state index contributed by atoms with van der Waals surface area (Å²) in [5, 5.41) is 5.82. The van der Waals surface area contributed by atoms with Crippen molar-refractivity contribution in [2.24, 2.45) is 5.92 Å². The quantitative estimate of drug-likeness (QED) is 0.284. The van der Waals surface area contributed by atoms with Crippen LogP contribution in [0, 0.1) is 11.7 Å². The summed E-state index contributed by atoms with van der Waals surface area (Å²) in [6, 6.07) is 19.1. The van der Waals surface area contributed by atoms with E-state index in [1.165, 1.54) is 45.6 Å². The first-order valence-electron chi connectivity index (χ1n) is 14.5. The Kier molecular flexibility index (Phi) is 8.16. The highest BCUT2D eigenvalue weighted by atomic mass is 19.1. The third-order valence-electron chi connectivity index (χ3n) is 8.36. The largest absolute Gasteiger partial charge is 0.493 e. The Balaban J connectivity index is 1.33. The molecule has 0 saturated carbocycles. The number of carbonyl (C=O) groups is 2. The van der Waals surface area contributed by atoms with Crippen molar-refractivity contribution in [1.82, 2.24) is 4.57 Å². The van der Waals surface area contributed by atoms with E-state index in [1.807, 2.05) is 16.7 Å². The molecule has 3 heterocycles. The lowest BCUT2D eigenvalue weighted by atomic mass is 9.83. The monoisotopic (exact) mass is 612 g/mol. The van der Waals surface area contributed by atoms with Crippen molar-refractivity contribution in [1.29, 1.82) is 0 Å². The van der Waals surface area contributed by atoms with Gasteiger partial charge in [-0.3, -0.25) is 14.4 Å². The second-order valence-electron chi connectivity index (χ2n) is 11.2. The number of methoxy groups -OCH3 is 3. The van der Waals surface area contributed by atoms with Crippen LogP contribution >= 0.6 is 0 Å². The summed E-state index contributed by atoms with van der Waals surface area (Å²) in [4.78, 5) is 41.5. The minimum Gasteiger partial charge on any atom is -0.493 e. The van der Waals surface area contributed by atoms with Gasteiger partial charge in [-0.1, -0.05) is 6.07 Å². The first kappa shape index (κ1) is 29.7. The number of fused-ring (bicyclic) bond motifs is 4. The van der Waals surface area contributed by atoms with Crippen LogP contribution in [0.4, 0.5) is 21.5 Å². The maximum absolute atomic E-state index is 13.6. The van der Waals surface area contributed by atoms with Crippen molar-refractivity contribution < 1.29 is 28.2 Å². The second kappa shape index (κ2) is 12.4. The highest BCUT2D eigenvalue weighted by Crippen LogP contribution is 2.41. The third kappa shape index (κ3) is 5.93. The number of nitrogens with zero attached hydrogens (tertiary/aromatic N) is 2. The summed E-state index contributed by atoms with van der Waals surface area (Å²) in [5.41, 5.74) is 3.19. The molecule has 11 heteroatoms. The van der Waals surface area contributed by atoms with Gasteiger partial charge < -0.3 is 34.3 Å². The Labute approximate surface area is 259 Å². The predicted molar refractivity (Wildman–Crippen MR) is 169 cm³/mol. The molecule has 2 aliphatic rings. The average molecular weight is 613 g/mol. The molecule has 0 spiro atoms. The number of aromatic nitrogens is 1. The van der Waals surface area contributed by atoms with E-state index in [-0.39, 0.29) is 23.0 Å². The Hall–Kier alpha value is -5.32. The van der Waals surface area contributed by atoms with Gasteiger partial charge in [0.25, 0.3) is 17.4 Å². The molecule has 3 aromatic carbocycles. The molecule has 1 fully saturated rings. The van der Waals surface area contributed by atoms with Gasteiger partial charge in [-0.2, -0.15) is 0 Å². The SMILES string of the molecule is COc1cc(NC(=O)c2ccc(N3CC4CC(C3)c3cccc(=O)n3C4)c(NC(=O)c3ccc(F)cc3)c2)cc(OC)c1OC. The zero-order valence-electron chi connectivity index (χ0n) is 25.1. The van der Waals surface area contributed by atoms with Gasteiger partial charge in [0.15, 0.2) is 11.5 Å². The van der Waals surface area contributed by atoms with E-state index >= 15 is 0 Å². The number of pyridine rings is 1. The standard InChI is InChI=1S/C34H33FN4O6/c1-43-29-15-25(16-30(44-2)32(29)45-3)36-34(42)22-9-12-28(26(14-22)37-33(41)21-7-10-24(35)11-8-21)38-17-20-13-23(19-38)27-5-4-6-31(40)39(27)18-20/h4-12,14-16,20,23H,13,17-19H2,1-3H3,(H,36,42)(H,37,41). The minimum atomic E-state index is -0.447. The summed E-state index contributed by atoms with van der Waals surface area (Å²) in [7, 11) is 4.48. The maximum Gasteiger partial charge on any atom is 0.255 e.